The summed E-state index contributed by atoms with van der Waals surface area (Å²) in [6.45, 7) is 1.60. The topological polar surface area (TPSA) is 70.6 Å². The van der Waals surface area contributed by atoms with Crippen LogP contribution < -0.4 is 0 Å². The molecule has 5 rings (SSSR count). The Kier molecular flexibility index (Phi) is 5.15. The normalized spacial score (nSPS) is 26.5. The maximum absolute atomic E-state index is 12.9. The molecule has 2 aliphatic heterocycles. The molecule has 0 radical (unpaired) electrons. The van der Waals surface area contributed by atoms with Gasteiger partial charge in [0.25, 0.3) is 0 Å². The molecular formula is C23H25N3O3S. The van der Waals surface area contributed by atoms with Crippen LogP contribution in [0, 0.1) is 11.8 Å². The first-order valence-corrected chi connectivity index (χ1v) is 11.6. The van der Waals surface area contributed by atoms with E-state index in [1.54, 1.807) is 11.3 Å². The van der Waals surface area contributed by atoms with Gasteiger partial charge in [0.15, 0.2) is 0 Å². The smallest absolute Gasteiger partial charge is 0.233 e. The van der Waals surface area contributed by atoms with Crippen LogP contribution >= 0.6 is 11.3 Å². The van der Waals surface area contributed by atoms with E-state index in [0.717, 1.165) is 29.9 Å². The van der Waals surface area contributed by atoms with E-state index < -0.39 is 0 Å². The number of likely N-dealkylation sites (tertiary alicyclic amines) is 2. The van der Waals surface area contributed by atoms with Gasteiger partial charge in [0, 0.05) is 32.0 Å². The van der Waals surface area contributed by atoms with Gasteiger partial charge in [0.1, 0.15) is 0 Å². The Morgan fingerprint density at radius 1 is 1.10 bits per heavy atom. The third-order valence-corrected chi connectivity index (χ3v) is 7.78. The van der Waals surface area contributed by atoms with E-state index in [4.69, 9.17) is 4.98 Å². The fourth-order valence-corrected chi connectivity index (χ4v) is 6.02. The lowest BCUT2D eigenvalue weighted by atomic mass is 9.85. The number of nitrogens with zero attached hydrogens (tertiary/aromatic N) is 3. The van der Waals surface area contributed by atoms with Crippen molar-refractivity contribution in [1.29, 1.82) is 0 Å². The second kappa shape index (κ2) is 7.95. The summed E-state index contributed by atoms with van der Waals surface area (Å²) < 4.78 is 1.18. The molecule has 0 saturated carbocycles. The molecule has 3 unspecified atom stereocenters. The van der Waals surface area contributed by atoms with E-state index in [-0.39, 0.29) is 48.4 Å². The molecule has 1 aliphatic carbocycles. The van der Waals surface area contributed by atoms with Crippen molar-refractivity contribution in [3.05, 3.63) is 41.4 Å². The van der Waals surface area contributed by atoms with Crippen molar-refractivity contribution < 1.29 is 14.4 Å². The minimum absolute atomic E-state index is 0.0226. The number of hydrogen-bond acceptors (Lipinski definition) is 5. The molecule has 30 heavy (non-hydrogen) atoms. The number of carbonyl (C=O) groups is 3. The summed E-state index contributed by atoms with van der Waals surface area (Å²) in [5.74, 6) is -0.383. The number of imide groups is 1. The van der Waals surface area contributed by atoms with Gasteiger partial charge in [-0.05, 0) is 37.8 Å². The average Bonchev–Trinajstić information content (AvgIpc) is 3.32. The van der Waals surface area contributed by atoms with Crippen LogP contribution in [0.25, 0.3) is 10.2 Å². The molecule has 2 saturated heterocycles. The maximum atomic E-state index is 12.9. The van der Waals surface area contributed by atoms with Crippen molar-refractivity contribution in [2.24, 2.45) is 11.8 Å². The highest BCUT2D eigenvalue weighted by Crippen LogP contribution is 2.36. The van der Waals surface area contributed by atoms with Gasteiger partial charge in [0.05, 0.1) is 27.1 Å². The number of rotatable bonds is 4. The number of aromatic nitrogens is 1. The van der Waals surface area contributed by atoms with Crippen molar-refractivity contribution in [2.75, 3.05) is 19.6 Å². The molecular weight excluding hydrogens is 398 g/mol. The number of carbonyl (C=O) groups excluding carboxylic acids is 3. The number of hydrogen-bond donors (Lipinski definition) is 0. The SMILES string of the molecule is O=C(CCN1C(=O)C2CC=CCC2C1=O)N1CCCC(c2nc3ccccc3s2)C1. The van der Waals surface area contributed by atoms with Gasteiger partial charge < -0.3 is 4.90 Å². The predicted molar refractivity (Wildman–Crippen MR) is 115 cm³/mol. The molecule has 3 atom stereocenters. The molecule has 7 heteroatoms. The van der Waals surface area contributed by atoms with Crippen LogP contribution in [-0.2, 0) is 14.4 Å². The maximum Gasteiger partial charge on any atom is 0.233 e. The van der Waals surface area contributed by atoms with Crippen molar-refractivity contribution in [3.63, 3.8) is 0 Å². The molecule has 3 amide bonds. The Labute approximate surface area is 179 Å². The zero-order chi connectivity index (χ0) is 20.7. The van der Waals surface area contributed by atoms with E-state index in [1.807, 2.05) is 35.3 Å². The minimum atomic E-state index is -0.226. The van der Waals surface area contributed by atoms with Crippen LogP contribution in [-0.4, -0.2) is 52.1 Å². The van der Waals surface area contributed by atoms with Gasteiger partial charge >= 0.3 is 0 Å². The fraction of sp³-hybridized carbons (Fsp3) is 0.478. The Bertz CT molecular complexity index is 971. The molecule has 0 spiro atoms. The third kappa shape index (κ3) is 3.45. The third-order valence-electron chi connectivity index (χ3n) is 6.58. The zero-order valence-corrected chi connectivity index (χ0v) is 17.6. The van der Waals surface area contributed by atoms with Crippen molar-refractivity contribution in [2.45, 2.75) is 38.0 Å². The minimum Gasteiger partial charge on any atom is -0.342 e. The number of allylic oxidation sites excluding steroid dienone is 2. The molecule has 2 aromatic rings. The number of benzene rings is 1. The highest BCUT2D eigenvalue weighted by molar-refractivity contribution is 7.18. The number of fused-ring (bicyclic) bond motifs is 2. The lowest BCUT2D eigenvalue weighted by molar-refractivity contribution is -0.141. The molecule has 156 valence electrons. The van der Waals surface area contributed by atoms with E-state index in [1.165, 1.54) is 9.60 Å². The molecule has 1 aromatic carbocycles. The first-order valence-electron chi connectivity index (χ1n) is 10.8. The molecule has 6 nitrogen and oxygen atoms in total. The molecule has 1 aromatic heterocycles. The summed E-state index contributed by atoms with van der Waals surface area (Å²) in [6, 6.07) is 8.13. The monoisotopic (exact) mass is 423 g/mol. The lowest BCUT2D eigenvalue weighted by Gasteiger charge is -2.32. The van der Waals surface area contributed by atoms with Gasteiger partial charge in [-0.15, -0.1) is 11.3 Å². The average molecular weight is 424 g/mol. The highest BCUT2D eigenvalue weighted by atomic mass is 32.1. The zero-order valence-electron chi connectivity index (χ0n) is 16.8. The predicted octanol–water partition coefficient (Wildman–Crippen LogP) is 3.34. The van der Waals surface area contributed by atoms with Crippen molar-refractivity contribution in [1.82, 2.24) is 14.8 Å². The molecule has 3 heterocycles. The van der Waals surface area contributed by atoms with Crippen molar-refractivity contribution in [3.8, 4) is 0 Å². The Hall–Kier alpha value is -2.54. The largest absolute Gasteiger partial charge is 0.342 e. The van der Waals surface area contributed by atoms with Gasteiger partial charge in [-0.25, -0.2) is 4.98 Å². The first kappa shape index (κ1) is 19.4. The fourth-order valence-electron chi connectivity index (χ4n) is 4.92. The Morgan fingerprint density at radius 2 is 1.83 bits per heavy atom. The van der Waals surface area contributed by atoms with Gasteiger partial charge in [-0.3, -0.25) is 19.3 Å². The second-order valence-electron chi connectivity index (χ2n) is 8.43. The molecule has 0 N–H and O–H groups in total. The molecule has 2 fully saturated rings. The van der Waals surface area contributed by atoms with E-state index in [2.05, 4.69) is 6.07 Å². The lowest BCUT2D eigenvalue weighted by Crippen LogP contribution is -2.41. The van der Waals surface area contributed by atoms with Gasteiger partial charge in [-0.1, -0.05) is 24.3 Å². The summed E-state index contributed by atoms with van der Waals surface area (Å²) in [4.78, 5) is 46.1. The van der Waals surface area contributed by atoms with Crippen LogP contribution in [0.2, 0.25) is 0 Å². The van der Waals surface area contributed by atoms with Crippen LogP contribution in [0.3, 0.4) is 0 Å². The van der Waals surface area contributed by atoms with Crippen LogP contribution in [0.1, 0.15) is 43.0 Å². The van der Waals surface area contributed by atoms with E-state index in [9.17, 15) is 14.4 Å². The Morgan fingerprint density at radius 3 is 2.57 bits per heavy atom. The summed E-state index contributed by atoms with van der Waals surface area (Å²) in [7, 11) is 0. The van der Waals surface area contributed by atoms with Crippen LogP contribution in [0.4, 0.5) is 0 Å². The van der Waals surface area contributed by atoms with Crippen LogP contribution in [0.15, 0.2) is 36.4 Å². The van der Waals surface area contributed by atoms with Crippen molar-refractivity contribution >= 4 is 39.3 Å². The standard InChI is InChI=1S/C23H25N3O3S/c27-20(11-13-26-22(28)16-7-1-2-8-17(16)23(26)29)25-12-5-6-15(14-25)21-24-18-9-3-4-10-19(18)30-21/h1-4,9-10,15-17H,5-8,11-14H2. The first-order chi connectivity index (χ1) is 14.6. The highest BCUT2D eigenvalue weighted by Gasteiger charge is 2.47. The second-order valence-corrected chi connectivity index (χ2v) is 9.49. The summed E-state index contributed by atoms with van der Waals surface area (Å²) in [5.41, 5.74) is 1.02. The summed E-state index contributed by atoms with van der Waals surface area (Å²) >= 11 is 1.71. The number of piperidine rings is 1. The number of thiazole rings is 1. The number of para-hydroxylation sites is 1. The van der Waals surface area contributed by atoms with E-state index >= 15 is 0 Å². The van der Waals surface area contributed by atoms with Crippen LogP contribution in [0.5, 0.6) is 0 Å². The van der Waals surface area contributed by atoms with Gasteiger partial charge in [-0.2, -0.15) is 0 Å². The van der Waals surface area contributed by atoms with E-state index in [0.29, 0.717) is 19.4 Å². The molecule has 0 bridgehead atoms. The Balaban J connectivity index is 1.21. The summed E-state index contributed by atoms with van der Waals surface area (Å²) in [5, 5.41) is 1.09. The quantitative estimate of drug-likeness (QED) is 0.559. The summed E-state index contributed by atoms with van der Waals surface area (Å²) in [6.07, 6.45) is 7.42. The molecule has 3 aliphatic rings. The number of amides is 3. The van der Waals surface area contributed by atoms with Gasteiger partial charge in [0.2, 0.25) is 17.7 Å².